The van der Waals surface area contributed by atoms with Gasteiger partial charge in [0, 0.05) is 19.3 Å². The quantitative estimate of drug-likeness (QED) is 0.325. The first-order chi connectivity index (χ1) is 9.38. The maximum absolute atomic E-state index is 12.7. The van der Waals surface area contributed by atoms with Crippen LogP contribution in [0.4, 0.5) is 18.9 Å². The number of hydrogen-bond acceptors (Lipinski definition) is 4. The van der Waals surface area contributed by atoms with Crippen molar-refractivity contribution in [3.63, 3.8) is 0 Å². The number of methoxy groups -OCH3 is 1. The van der Waals surface area contributed by atoms with Gasteiger partial charge in [0.1, 0.15) is 5.92 Å². The van der Waals surface area contributed by atoms with Crippen LogP contribution in [0.2, 0.25) is 0 Å². The summed E-state index contributed by atoms with van der Waals surface area (Å²) in [5.74, 6) is -2.93. The van der Waals surface area contributed by atoms with Crippen molar-refractivity contribution >= 4 is 11.5 Å². The molecule has 0 aliphatic carbocycles. The van der Waals surface area contributed by atoms with Gasteiger partial charge in [-0.05, 0) is 17.7 Å². The first-order valence-corrected chi connectivity index (χ1v) is 5.74. The van der Waals surface area contributed by atoms with Crippen LogP contribution in [-0.2, 0) is 11.3 Å². The summed E-state index contributed by atoms with van der Waals surface area (Å²) in [5, 5.41) is 13.4. The Bertz CT molecular complexity index is 464. The van der Waals surface area contributed by atoms with Crippen molar-refractivity contribution < 1.29 is 23.1 Å². The predicted molar refractivity (Wildman–Crippen MR) is 68.6 cm³/mol. The first kappa shape index (κ1) is 16.1. The van der Waals surface area contributed by atoms with Gasteiger partial charge in [-0.25, -0.2) is 0 Å². The van der Waals surface area contributed by atoms with Crippen LogP contribution in [0.3, 0.4) is 0 Å². The Hall–Kier alpha value is -1.96. The largest absolute Gasteiger partial charge is 0.409 e. The van der Waals surface area contributed by atoms with Crippen LogP contribution >= 0.6 is 0 Å². The maximum atomic E-state index is 12.7. The molecule has 0 bridgehead atoms. The number of alkyl halides is 3. The third-order valence-corrected chi connectivity index (χ3v) is 2.62. The van der Waals surface area contributed by atoms with Crippen molar-refractivity contribution in [2.45, 2.75) is 12.8 Å². The topological polar surface area (TPSA) is 79.9 Å². The summed E-state index contributed by atoms with van der Waals surface area (Å²) in [7, 11) is 1.53. The molecule has 8 heteroatoms. The van der Waals surface area contributed by atoms with Gasteiger partial charge in [-0.2, -0.15) is 13.2 Å². The van der Waals surface area contributed by atoms with E-state index in [0.717, 1.165) is 5.56 Å². The Morgan fingerprint density at radius 1 is 1.50 bits per heavy atom. The molecule has 0 radical (unpaired) electrons. The van der Waals surface area contributed by atoms with Crippen molar-refractivity contribution in [3.8, 4) is 0 Å². The molecule has 1 atom stereocenters. The fourth-order valence-corrected chi connectivity index (χ4v) is 1.62. The van der Waals surface area contributed by atoms with Gasteiger partial charge >= 0.3 is 6.18 Å². The number of oxime groups is 1. The van der Waals surface area contributed by atoms with Crippen LogP contribution in [-0.4, -0.2) is 30.9 Å². The fourth-order valence-electron chi connectivity index (χ4n) is 1.62. The Kier molecular flexibility index (Phi) is 5.63. The molecule has 0 aliphatic heterocycles. The van der Waals surface area contributed by atoms with E-state index in [1.165, 1.54) is 7.11 Å². The molecular weight excluding hydrogens is 275 g/mol. The summed E-state index contributed by atoms with van der Waals surface area (Å²) in [6.07, 6.45) is -4.59. The molecule has 0 saturated carbocycles. The molecule has 4 N–H and O–H groups in total. The summed E-state index contributed by atoms with van der Waals surface area (Å²) in [6.45, 7) is -0.158. The smallest absolute Gasteiger partial charge is 0.400 e. The van der Waals surface area contributed by atoms with E-state index >= 15 is 0 Å². The van der Waals surface area contributed by atoms with Crippen molar-refractivity contribution in [2.75, 3.05) is 19.0 Å². The number of benzene rings is 1. The van der Waals surface area contributed by atoms with Gasteiger partial charge in [0.2, 0.25) is 0 Å². The van der Waals surface area contributed by atoms with Gasteiger partial charge in [-0.15, -0.1) is 0 Å². The number of nitrogens with two attached hydrogens (primary N) is 1. The molecule has 0 saturated heterocycles. The number of hydrogen-bond donors (Lipinski definition) is 3. The van der Waals surface area contributed by atoms with Gasteiger partial charge in [-0.1, -0.05) is 17.3 Å². The van der Waals surface area contributed by atoms with E-state index < -0.39 is 24.5 Å². The molecule has 0 amide bonds. The van der Waals surface area contributed by atoms with Gasteiger partial charge in [0.05, 0.1) is 6.61 Å². The Labute approximate surface area is 114 Å². The molecule has 1 aromatic rings. The summed E-state index contributed by atoms with van der Waals surface area (Å²) in [4.78, 5) is 0. The van der Waals surface area contributed by atoms with Crippen molar-refractivity contribution in [1.82, 2.24) is 0 Å². The first-order valence-electron chi connectivity index (χ1n) is 5.74. The van der Waals surface area contributed by atoms with E-state index in [9.17, 15) is 13.2 Å². The number of anilines is 1. The summed E-state index contributed by atoms with van der Waals surface area (Å²) in [5.41, 5.74) is 6.39. The molecule has 1 rings (SSSR count). The number of rotatable bonds is 6. The van der Waals surface area contributed by atoms with Crippen LogP contribution < -0.4 is 11.1 Å². The third-order valence-electron chi connectivity index (χ3n) is 2.62. The van der Waals surface area contributed by atoms with E-state index in [0.29, 0.717) is 12.3 Å². The van der Waals surface area contributed by atoms with E-state index in [4.69, 9.17) is 15.7 Å². The lowest BCUT2D eigenvalue weighted by Gasteiger charge is -2.20. The molecule has 0 fully saturated rings. The van der Waals surface area contributed by atoms with E-state index in [1.54, 1.807) is 24.3 Å². The molecule has 112 valence electrons. The molecule has 0 spiro atoms. The average Bonchev–Trinajstić information content (AvgIpc) is 2.38. The van der Waals surface area contributed by atoms with Gasteiger partial charge in [0.15, 0.2) is 5.84 Å². The number of ether oxygens (including phenoxy) is 1. The third kappa shape index (κ3) is 4.61. The minimum absolute atomic E-state index is 0.360. The monoisotopic (exact) mass is 291 g/mol. The van der Waals surface area contributed by atoms with Crippen molar-refractivity contribution in [2.24, 2.45) is 16.8 Å². The highest BCUT2D eigenvalue weighted by Gasteiger charge is 2.42. The van der Waals surface area contributed by atoms with Gasteiger partial charge < -0.3 is 21.0 Å². The molecule has 0 aromatic heterocycles. The summed E-state index contributed by atoms with van der Waals surface area (Å²) < 4.78 is 43.1. The van der Waals surface area contributed by atoms with Gasteiger partial charge in [0.25, 0.3) is 0 Å². The summed E-state index contributed by atoms with van der Waals surface area (Å²) >= 11 is 0. The second kappa shape index (κ2) is 6.99. The number of nitrogens with zero attached hydrogens (tertiary/aromatic N) is 1. The second-order valence-electron chi connectivity index (χ2n) is 4.13. The van der Waals surface area contributed by atoms with Crippen LogP contribution in [0.1, 0.15) is 5.56 Å². The second-order valence-corrected chi connectivity index (χ2v) is 4.13. The van der Waals surface area contributed by atoms with Crippen LogP contribution in [0.15, 0.2) is 29.4 Å². The number of halogens is 3. The SMILES string of the molecule is COCc1cccc(NCC(/C(N)=N/O)C(F)(F)F)c1. The zero-order chi connectivity index (χ0) is 15.2. The molecular formula is C12H16F3N3O2. The Morgan fingerprint density at radius 2 is 2.20 bits per heavy atom. The van der Waals surface area contributed by atoms with E-state index in [2.05, 4.69) is 10.5 Å². The predicted octanol–water partition coefficient (Wildman–Crippen LogP) is 2.17. The van der Waals surface area contributed by atoms with Crippen molar-refractivity contribution in [3.05, 3.63) is 29.8 Å². The number of nitrogens with one attached hydrogen (secondary N) is 1. The Morgan fingerprint density at radius 3 is 2.75 bits per heavy atom. The van der Waals surface area contributed by atoms with Crippen LogP contribution in [0.25, 0.3) is 0 Å². The molecule has 0 heterocycles. The van der Waals surface area contributed by atoms with Crippen LogP contribution in [0, 0.1) is 5.92 Å². The standard InChI is InChI=1S/C12H16F3N3O2/c1-20-7-8-3-2-4-9(5-8)17-6-10(11(16)18-19)12(13,14)15/h2-5,10,17,19H,6-7H2,1H3,(H2,16,18). The molecule has 1 aromatic carbocycles. The number of amidine groups is 1. The Balaban J connectivity index is 2.75. The minimum atomic E-state index is -4.59. The molecule has 5 nitrogen and oxygen atoms in total. The maximum Gasteiger partial charge on any atom is 0.400 e. The van der Waals surface area contributed by atoms with E-state index in [-0.39, 0.29) is 0 Å². The van der Waals surface area contributed by atoms with Crippen LogP contribution in [0.5, 0.6) is 0 Å². The average molecular weight is 291 g/mol. The van der Waals surface area contributed by atoms with Crippen molar-refractivity contribution in [1.29, 1.82) is 0 Å². The zero-order valence-electron chi connectivity index (χ0n) is 10.8. The highest BCUT2D eigenvalue weighted by atomic mass is 19.4. The fraction of sp³-hybridized carbons (Fsp3) is 0.417. The highest BCUT2D eigenvalue weighted by molar-refractivity contribution is 5.83. The summed E-state index contributed by atoms with van der Waals surface area (Å²) in [6, 6.07) is 6.78. The zero-order valence-corrected chi connectivity index (χ0v) is 10.8. The lowest BCUT2D eigenvalue weighted by atomic mass is 10.1. The normalized spacial score (nSPS) is 14.1. The minimum Gasteiger partial charge on any atom is -0.409 e. The van der Waals surface area contributed by atoms with Gasteiger partial charge in [-0.3, -0.25) is 0 Å². The lowest BCUT2D eigenvalue weighted by Crippen LogP contribution is -2.40. The molecule has 0 aliphatic rings. The lowest BCUT2D eigenvalue weighted by molar-refractivity contribution is -0.152. The highest BCUT2D eigenvalue weighted by Crippen LogP contribution is 2.27. The van der Waals surface area contributed by atoms with E-state index in [1.807, 2.05) is 0 Å². The molecule has 1 unspecified atom stereocenters. The molecule has 20 heavy (non-hydrogen) atoms.